The van der Waals surface area contributed by atoms with Gasteiger partial charge in [0.2, 0.25) is 0 Å². The number of aromatic nitrogens is 1. The first-order valence-corrected chi connectivity index (χ1v) is 6.85. The Kier molecular flexibility index (Phi) is 3.96. The van der Waals surface area contributed by atoms with Crippen LogP contribution in [0.2, 0.25) is 0 Å². The molecule has 0 saturated heterocycles. The summed E-state index contributed by atoms with van der Waals surface area (Å²) < 4.78 is 0.909. The molecule has 0 aliphatic heterocycles. The highest BCUT2D eigenvalue weighted by Gasteiger charge is 2.12. The number of halogens is 1. The fourth-order valence-electron chi connectivity index (χ4n) is 1.34. The van der Waals surface area contributed by atoms with E-state index in [1.54, 1.807) is 6.07 Å². The van der Waals surface area contributed by atoms with Crippen molar-refractivity contribution in [3.8, 4) is 0 Å². The second kappa shape index (κ2) is 5.50. The van der Waals surface area contributed by atoms with E-state index in [1.807, 2.05) is 6.92 Å². The maximum atomic E-state index is 11.9. The minimum atomic E-state index is -1.05. The molecule has 0 radical (unpaired) electrons. The summed E-state index contributed by atoms with van der Waals surface area (Å²) in [5.41, 5.74) is 1.07. The van der Waals surface area contributed by atoms with E-state index in [0.717, 1.165) is 9.35 Å². The largest absolute Gasteiger partial charge is 0.478 e. The molecule has 19 heavy (non-hydrogen) atoms. The van der Waals surface area contributed by atoms with E-state index in [4.69, 9.17) is 5.11 Å². The summed E-state index contributed by atoms with van der Waals surface area (Å²) in [5, 5.41) is 11.3. The minimum Gasteiger partial charge on any atom is -0.478 e. The zero-order valence-electron chi connectivity index (χ0n) is 9.81. The molecular weight excluding hydrogens is 332 g/mol. The van der Waals surface area contributed by atoms with Gasteiger partial charge in [0, 0.05) is 6.20 Å². The lowest BCUT2D eigenvalue weighted by molar-refractivity contribution is 0.0696. The average Bonchev–Trinajstić information content (AvgIpc) is 2.70. The highest BCUT2D eigenvalue weighted by Crippen LogP contribution is 2.27. The van der Waals surface area contributed by atoms with Crippen LogP contribution in [0, 0.1) is 6.92 Å². The Morgan fingerprint density at radius 2 is 2.16 bits per heavy atom. The van der Waals surface area contributed by atoms with Gasteiger partial charge in [-0.05, 0) is 46.6 Å². The Morgan fingerprint density at radius 1 is 1.42 bits per heavy atom. The quantitative estimate of drug-likeness (QED) is 0.899. The predicted octanol–water partition coefficient (Wildman–Crippen LogP) is 3.16. The average molecular weight is 341 g/mol. The van der Waals surface area contributed by atoms with Gasteiger partial charge in [-0.25, -0.2) is 9.78 Å². The van der Waals surface area contributed by atoms with E-state index in [9.17, 15) is 9.59 Å². The molecule has 0 unspecified atom stereocenters. The molecule has 2 heterocycles. The van der Waals surface area contributed by atoms with E-state index >= 15 is 0 Å². The van der Waals surface area contributed by atoms with Crippen molar-refractivity contribution >= 4 is 45.0 Å². The molecule has 0 aliphatic rings. The van der Waals surface area contributed by atoms with Crippen molar-refractivity contribution in [1.29, 1.82) is 0 Å². The zero-order valence-corrected chi connectivity index (χ0v) is 12.2. The van der Waals surface area contributed by atoms with Crippen LogP contribution in [0.5, 0.6) is 0 Å². The summed E-state index contributed by atoms with van der Waals surface area (Å²) in [5.74, 6) is -1.00. The van der Waals surface area contributed by atoms with Crippen LogP contribution < -0.4 is 5.32 Å². The third-order valence-electron chi connectivity index (χ3n) is 2.33. The van der Waals surface area contributed by atoms with Crippen LogP contribution in [0.1, 0.15) is 25.6 Å². The van der Waals surface area contributed by atoms with Crippen molar-refractivity contribution in [2.45, 2.75) is 6.92 Å². The Morgan fingerprint density at radius 3 is 2.63 bits per heavy atom. The second-order valence-electron chi connectivity index (χ2n) is 3.76. The number of hydrogen-bond donors (Lipinski definition) is 2. The number of nitrogens with zero attached hydrogens (tertiary/aromatic N) is 1. The van der Waals surface area contributed by atoms with Gasteiger partial charge in [-0.15, -0.1) is 11.3 Å². The number of aryl methyl sites for hydroxylation is 1. The Bertz CT molecular complexity index is 617. The summed E-state index contributed by atoms with van der Waals surface area (Å²) in [6.45, 7) is 1.90. The van der Waals surface area contributed by atoms with Gasteiger partial charge in [0.25, 0.3) is 5.91 Å². The van der Waals surface area contributed by atoms with Gasteiger partial charge in [-0.1, -0.05) is 0 Å². The van der Waals surface area contributed by atoms with Crippen LogP contribution in [-0.2, 0) is 0 Å². The fourth-order valence-corrected chi connectivity index (χ4v) is 2.77. The normalized spacial score (nSPS) is 10.2. The number of amides is 1. The molecule has 0 aliphatic carbocycles. The number of rotatable bonds is 3. The van der Waals surface area contributed by atoms with Crippen LogP contribution in [0.3, 0.4) is 0 Å². The summed E-state index contributed by atoms with van der Waals surface area (Å²) in [6, 6.07) is 4.62. The molecule has 0 fully saturated rings. The summed E-state index contributed by atoms with van der Waals surface area (Å²) in [7, 11) is 0. The van der Waals surface area contributed by atoms with Crippen LogP contribution in [0.15, 0.2) is 28.2 Å². The summed E-state index contributed by atoms with van der Waals surface area (Å²) in [4.78, 5) is 27.0. The van der Waals surface area contributed by atoms with Crippen molar-refractivity contribution in [2.24, 2.45) is 0 Å². The molecule has 0 spiro atoms. The second-order valence-corrected chi connectivity index (χ2v) is 6.13. The van der Waals surface area contributed by atoms with Gasteiger partial charge >= 0.3 is 5.97 Å². The molecule has 0 saturated carbocycles. The van der Waals surface area contributed by atoms with Gasteiger partial charge < -0.3 is 10.4 Å². The molecule has 98 valence electrons. The number of hydrogen-bond acceptors (Lipinski definition) is 4. The van der Waals surface area contributed by atoms with E-state index in [0.29, 0.717) is 10.7 Å². The number of aromatic carboxylic acids is 1. The van der Waals surface area contributed by atoms with Gasteiger partial charge in [0.1, 0.15) is 5.82 Å². The topological polar surface area (TPSA) is 79.3 Å². The SMILES string of the molecule is Cc1cc(C(=O)Nc2ccc(C(=O)O)cn2)sc1Br. The standard InChI is InChI=1S/C12H9BrN2O3S/c1-6-4-8(19-10(6)13)11(16)15-9-3-2-7(5-14-9)12(17)18/h2-5H,1H3,(H,17,18)(H,14,15,16). The van der Waals surface area contributed by atoms with Crippen LogP contribution >= 0.6 is 27.3 Å². The van der Waals surface area contributed by atoms with Crippen molar-refractivity contribution in [1.82, 2.24) is 4.98 Å². The number of carboxylic acids is 1. The Balaban J connectivity index is 2.12. The number of nitrogens with one attached hydrogen (secondary N) is 1. The van der Waals surface area contributed by atoms with E-state index in [1.165, 1.54) is 29.7 Å². The van der Waals surface area contributed by atoms with E-state index < -0.39 is 5.97 Å². The molecule has 1 amide bonds. The van der Waals surface area contributed by atoms with Crippen molar-refractivity contribution < 1.29 is 14.7 Å². The van der Waals surface area contributed by atoms with E-state index in [-0.39, 0.29) is 11.5 Å². The molecule has 7 heteroatoms. The van der Waals surface area contributed by atoms with E-state index in [2.05, 4.69) is 26.2 Å². The molecule has 5 nitrogen and oxygen atoms in total. The lowest BCUT2D eigenvalue weighted by Gasteiger charge is -2.02. The molecule has 2 N–H and O–H groups in total. The number of anilines is 1. The molecule has 2 aromatic heterocycles. The minimum absolute atomic E-state index is 0.0766. The predicted molar refractivity (Wildman–Crippen MR) is 75.9 cm³/mol. The molecule has 2 aromatic rings. The first-order valence-electron chi connectivity index (χ1n) is 5.24. The van der Waals surface area contributed by atoms with Crippen LogP contribution in [-0.4, -0.2) is 22.0 Å². The molecule has 0 atom stereocenters. The third-order valence-corrected chi connectivity index (χ3v) is 4.47. The summed E-state index contributed by atoms with van der Waals surface area (Å²) >= 11 is 4.69. The van der Waals surface area contributed by atoms with Crippen molar-refractivity contribution in [3.63, 3.8) is 0 Å². The first kappa shape index (κ1) is 13.7. The van der Waals surface area contributed by atoms with Crippen LogP contribution in [0.25, 0.3) is 0 Å². The third kappa shape index (κ3) is 3.18. The van der Waals surface area contributed by atoms with Crippen LogP contribution in [0.4, 0.5) is 5.82 Å². The zero-order chi connectivity index (χ0) is 14.0. The molecule has 2 rings (SSSR count). The first-order chi connectivity index (χ1) is 8.97. The van der Waals surface area contributed by atoms with Gasteiger partial charge in [0.05, 0.1) is 14.2 Å². The smallest absolute Gasteiger partial charge is 0.337 e. The molecular formula is C12H9BrN2O3S. The van der Waals surface area contributed by atoms with Gasteiger partial charge in [-0.2, -0.15) is 0 Å². The van der Waals surface area contributed by atoms with Crippen molar-refractivity contribution in [2.75, 3.05) is 5.32 Å². The Hall–Kier alpha value is -1.73. The number of pyridine rings is 1. The monoisotopic (exact) mass is 340 g/mol. The maximum absolute atomic E-state index is 11.9. The number of carbonyl (C=O) groups excluding carboxylic acids is 1. The Labute approximate surface area is 121 Å². The van der Waals surface area contributed by atoms with Crippen molar-refractivity contribution in [3.05, 3.63) is 44.2 Å². The summed E-state index contributed by atoms with van der Waals surface area (Å²) in [6.07, 6.45) is 1.20. The lowest BCUT2D eigenvalue weighted by atomic mass is 10.3. The molecule has 0 aromatic carbocycles. The number of carbonyl (C=O) groups is 2. The number of carboxylic acid groups (broad SMARTS) is 1. The fraction of sp³-hybridized carbons (Fsp3) is 0.0833. The van der Waals surface area contributed by atoms with Gasteiger partial charge in [0.15, 0.2) is 0 Å². The highest BCUT2D eigenvalue weighted by atomic mass is 79.9. The van der Waals surface area contributed by atoms with Gasteiger partial charge in [-0.3, -0.25) is 4.79 Å². The molecule has 0 bridgehead atoms. The number of thiophene rings is 1. The lowest BCUT2D eigenvalue weighted by Crippen LogP contribution is -2.11. The maximum Gasteiger partial charge on any atom is 0.337 e. The highest BCUT2D eigenvalue weighted by molar-refractivity contribution is 9.11.